The number of hydrogen-bond donors (Lipinski definition) is 1. The topological polar surface area (TPSA) is 29.3 Å². The molecular weight excluding hydrogens is 258 g/mol. The van der Waals surface area contributed by atoms with Crippen molar-refractivity contribution in [3.63, 3.8) is 0 Å². The van der Waals surface area contributed by atoms with E-state index in [0.29, 0.717) is 12.1 Å². The lowest BCUT2D eigenvalue weighted by atomic mass is 9.98. The summed E-state index contributed by atoms with van der Waals surface area (Å²) in [5.74, 6) is -0.0185. The standard InChI is InChI=1S/C16H24F2N2/c1-2-12-4-3-8-20(9-7-12)16(11-19)14-10-13(17)5-6-15(14)18/h5-6,10,12,16H,2-4,7-9,11,19H2,1H3. The second kappa shape index (κ2) is 7.14. The first-order valence-electron chi connectivity index (χ1n) is 7.54. The quantitative estimate of drug-likeness (QED) is 0.916. The van der Waals surface area contributed by atoms with Gasteiger partial charge in [0, 0.05) is 18.2 Å². The highest BCUT2D eigenvalue weighted by atomic mass is 19.1. The zero-order valence-electron chi connectivity index (χ0n) is 12.1. The first-order chi connectivity index (χ1) is 9.65. The van der Waals surface area contributed by atoms with Crippen LogP contribution in [0.2, 0.25) is 0 Å². The van der Waals surface area contributed by atoms with Crippen LogP contribution in [0.3, 0.4) is 0 Å². The van der Waals surface area contributed by atoms with Gasteiger partial charge in [-0.25, -0.2) is 8.78 Å². The Kier molecular flexibility index (Phi) is 5.49. The SMILES string of the molecule is CCC1CCCN(C(CN)c2cc(F)ccc2F)CC1. The smallest absolute Gasteiger partial charge is 0.128 e. The molecule has 1 aromatic carbocycles. The summed E-state index contributed by atoms with van der Waals surface area (Å²) >= 11 is 0. The Labute approximate surface area is 120 Å². The highest BCUT2D eigenvalue weighted by Gasteiger charge is 2.25. The molecule has 4 heteroatoms. The van der Waals surface area contributed by atoms with E-state index in [4.69, 9.17) is 5.73 Å². The van der Waals surface area contributed by atoms with Crippen molar-refractivity contribution in [1.29, 1.82) is 0 Å². The fourth-order valence-corrected chi connectivity index (χ4v) is 3.15. The van der Waals surface area contributed by atoms with Crippen LogP contribution in [0.1, 0.15) is 44.2 Å². The number of halogens is 2. The summed E-state index contributed by atoms with van der Waals surface area (Å²) in [6, 6.07) is 3.41. The molecule has 112 valence electrons. The van der Waals surface area contributed by atoms with Gasteiger partial charge < -0.3 is 5.73 Å². The van der Waals surface area contributed by atoms with Crippen molar-refractivity contribution >= 4 is 0 Å². The Morgan fingerprint density at radius 2 is 2.10 bits per heavy atom. The molecule has 1 saturated heterocycles. The summed E-state index contributed by atoms with van der Waals surface area (Å²) in [6.07, 6.45) is 4.63. The van der Waals surface area contributed by atoms with Crippen LogP contribution in [-0.2, 0) is 0 Å². The summed E-state index contributed by atoms with van der Waals surface area (Å²) in [5.41, 5.74) is 6.23. The van der Waals surface area contributed by atoms with E-state index < -0.39 is 5.82 Å². The molecule has 0 aliphatic carbocycles. The first kappa shape index (κ1) is 15.4. The van der Waals surface area contributed by atoms with Gasteiger partial charge in [-0.15, -0.1) is 0 Å². The van der Waals surface area contributed by atoms with E-state index in [1.54, 1.807) is 0 Å². The van der Waals surface area contributed by atoms with Crippen LogP contribution in [0.15, 0.2) is 18.2 Å². The van der Waals surface area contributed by atoms with Crippen molar-refractivity contribution in [2.45, 2.75) is 38.6 Å². The minimum atomic E-state index is -0.402. The number of nitrogens with two attached hydrogens (primary N) is 1. The summed E-state index contributed by atoms with van der Waals surface area (Å²) < 4.78 is 27.3. The molecule has 0 amide bonds. The van der Waals surface area contributed by atoms with Gasteiger partial charge in [0.25, 0.3) is 0 Å². The fraction of sp³-hybridized carbons (Fsp3) is 0.625. The van der Waals surface area contributed by atoms with Crippen LogP contribution in [0, 0.1) is 17.6 Å². The fourth-order valence-electron chi connectivity index (χ4n) is 3.15. The van der Waals surface area contributed by atoms with Gasteiger partial charge in [-0.3, -0.25) is 4.90 Å². The summed E-state index contributed by atoms with van der Waals surface area (Å²) in [4.78, 5) is 2.22. The number of hydrogen-bond acceptors (Lipinski definition) is 2. The molecule has 1 fully saturated rings. The van der Waals surface area contributed by atoms with E-state index in [0.717, 1.165) is 37.9 Å². The third-order valence-corrected chi connectivity index (χ3v) is 4.44. The Bertz CT molecular complexity index is 436. The van der Waals surface area contributed by atoms with Crippen LogP contribution in [0.4, 0.5) is 8.78 Å². The Hall–Kier alpha value is -1.00. The number of rotatable bonds is 4. The lowest BCUT2D eigenvalue weighted by Gasteiger charge is -2.30. The molecule has 2 rings (SSSR count). The highest BCUT2D eigenvalue weighted by molar-refractivity contribution is 5.23. The average molecular weight is 282 g/mol. The van der Waals surface area contributed by atoms with Gasteiger partial charge in [0.2, 0.25) is 0 Å². The molecule has 2 unspecified atom stereocenters. The predicted octanol–water partition coefficient (Wildman–Crippen LogP) is 3.48. The molecule has 0 bridgehead atoms. The first-order valence-corrected chi connectivity index (χ1v) is 7.54. The monoisotopic (exact) mass is 282 g/mol. The molecule has 0 radical (unpaired) electrons. The van der Waals surface area contributed by atoms with E-state index in [1.165, 1.54) is 25.0 Å². The van der Waals surface area contributed by atoms with Crippen molar-refractivity contribution in [2.24, 2.45) is 11.7 Å². The Morgan fingerprint density at radius 1 is 1.30 bits per heavy atom. The second-order valence-corrected chi connectivity index (χ2v) is 5.66. The van der Waals surface area contributed by atoms with Crippen molar-refractivity contribution in [3.05, 3.63) is 35.4 Å². The molecule has 2 atom stereocenters. The normalized spacial score (nSPS) is 22.5. The number of benzene rings is 1. The van der Waals surface area contributed by atoms with Crippen LogP contribution < -0.4 is 5.73 Å². The van der Waals surface area contributed by atoms with Gasteiger partial charge in [0.05, 0.1) is 0 Å². The minimum absolute atomic E-state index is 0.221. The molecule has 1 aliphatic heterocycles. The molecule has 0 spiro atoms. The zero-order valence-corrected chi connectivity index (χ0v) is 12.1. The maximum atomic E-state index is 14.0. The molecule has 1 aromatic rings. The third-order valence-electron chi connectivity index (χ3n) is 4.44. The summed E-state index contributed by atoms with van der Waals surface area (Å²) in [7, 11) is 0. The molecule has 2 N–H and O–H groups in total. The van der Waals surface area contributed by atoms with Crippen molar-refractivity contribution in [1.82, 2.24) is 4.90 Å². The van der Waals surface area contributed by atoms with Gasteiger partial charge in [0.1, 0.15) is 11.6 Å². The van der Waals surface area contributed by atoms with E-state index in [-0.39, 0.29) is 11.9 Å². The van der Waals surface area contributed by atoms with E-state index in [1.807, 2.05) is 0 Å². The van der Waals surface area contributed by atoms with Gasteiger partial charge in [0.15, 0.2) is 0 Å². The van der Waals surface area contributed by atoms with Gasteiger partial charge >= 0.3 is 0 Å². The Balaban J connectivity index is 2.17. The number of likely N-dealkylation sites (tertiary alicyclic amines) is 1. The number of nitrogens with zero attached hydrogens (tertiary/aromatic N) is 1. The van der Waals surface area contributed by atoms with Crippen LogP contribution >= 0.6 is 0 Å². The maximum Gasteiger partial charge on any atom is 0.128 e. The lowest BCUT2D eigenvalue weighted by Crippen LogP contribution is -2.35. The molecule has 20 heavy (non-hydrogen) atoms. The largest absolute Gasteiger partial charge is 0.329 e. The molecule has 0 aromatic heterocycles. The van der Waals surface area contributed by atoms with Crippen molar-refractivity contribution < 1.29 is 8.78 Å². The van der Waals surface area contributed by atoms with E-state index in [9.17, 15) is 8.78 Å². The van der Waals surface area contributed by atoms with Crippen molar-refractivity contribution in [3.8, 4) is 0 Å². The summed E-state index contributed by atoms with van der Waals surface area (Å²) in [6.45, 7) is 4.36. The van der Waals surface area contributed by atoms with E-state index in [2.05, 4.69) is 11.8 Å². The van der Waals surface area contributed by atoms with E-state index >= 15 is 0 Å². The Morgan fingerprint density at radius 3 is 2.80 bits per heavy atom. The molecular formula is C16H24F2N2. The van der Waals surface area contributed by atoms with Crippen LogP contribution in [-0.4, -0.2) is 24.5 Å². The molecule has 1 heterocycles. The minimum Gasteiger partial charge on any atom is -0.329 e. The molecule has 0 saturated carbocycles. The third kappa shape index (κ3) is 3.55. The average Bonchev–Trinajstić information content (AvgIpc) is 2.69. The lowest BCUT2D eigenvalue weighted by molar-refractivity contribution is 0.202. The predicted molar refractivity (Wildman–Crippen MR) is 77.4 cm³/mol. The van der Waals surface area contributed by atoms with Crippen LogP contribution in [0.25, 0.3) is 0 Å². The molecule has 1 aliphatic rings. The summed E-state index contributed by atoms with van der Waals surface area (Å²) in [5, 5.41) is 0. The second-order valence-electron chi connectivity index (χ2n) is 5.66. The zero-order chi connectivity index (χ0) is 14.5. The van der Waals surface area contributed by atoms with Crippen molar-refractivity contribution in [2.75, 3.05) is 19.6 Å². The maximum absolute atomic E-state index is 14.0. The van der Waals surface area contributed by atoms with Gasteiger partial charge in [-0.05, 0) is 56.5 Å². The van der Waals surface area contributed by atoms with Gasteiger partial charge in [-0.2, -0.15) is 0 Å². The van der Waals surface area contributed by atoms with Crippen LogP contribution in [0.5, 0.6) is 0 Å². The van der Waals surface area contributed by atoms with Gasteiger partial charge in [-0.1, -0.05) is 13.3 Å². The molecule has 2 nitrogen and oxygen atoms in total. The highest BCUT2D eigenvalue weighted by Crippen LogP contribution is 2.28.